The zero-order valence-corrected chi connectivity index (χ0v) is 21.2. The summed E-state index contributed by atoms with van der Waals surface area (Å²) < 4.78 is 87.6. The normalized spacial score (nSPS) is 16.8. The number of anilines is 1. The molecule has 5 nitrogen and oxygen atoms in total. The number of rotatable bonds is 7. The fourth-order valence-electron chi connectivity index (χ4n) is 3.67. The van der Waals surface area contributed by atoms with Crippen molar-refractivity contribution >= 4 is 39.1 Å². The average Bonchev–Trinajstić information content (AvgIpc) is 3.20. The van der Waals surface area contributed by atoms with Crippen molar-refractivity contribution in [2.75, 3.05) is 24.9 Å². The maximum atomic E-state index is 13.5. The zero-order valence-electron chi connectivity index (χ0n) is 18.9. The molecule has 0 amide bonds. The molecule has 0 saturated carbocycles. The number of ether oxygens (including phenoxy) is 1. The van der Waals surface area contributed by atoms with Crippen molar-refractivity contribution in [2.45, 2.75) is 33.4 Å². The van der Waals surface area contributed by atoms with E-state index in [2.05, 4.69) is 4.72 Å². The summed E-state index contributed by atoms with van der Waals surface area (Å²) in [6.07, 6.45) is -4.51. The highest BCUT2D eigenvalue weighted by molar-refractivity contribution is 7.99. The Bertz CT molecular complexity index is 1350. The second kappa shape index (κ2) is 10.5. The molecule has 1 aliphatic rings. The van der Waals surface area contributed by atoms with E-state index in [1.807, 2.05) is 11.9 Å². The molecule has 0 aromatic heterocycles. The number of hydrogen-bond donors (Lipinski definition) is 1. The van der Waals surface area contributed by atoms with Gasteiger partial charge in [0.25, 0.3) is 10.0 Å². The van der Waals surface area contributed by atoms with E-state index in [1.165, 1.54) is 36.0 Å². The third-order valence-corrected chi connectivity index (χ3v) is 8.13. The Morgan fingerprint density at radius 2 is 1.75 bits per heavy atom. The number of hydrogen-bond acceptors (Lipinski definition) is 5. The van der Waals surface area contributed by atoms with Crippen LogP contribution in [0, 0.1) is 5.82 Å². The van der Waals surface area contributed by atoms with Gasteiger partial charge in [-0.25, -0.2) is 12.8 Å². The van der Waals surface area contributed by atoms with Crippen LogP contribution in [0.2, 0.25) is 5.02 Å². The van der Waals surface area contributed by atoms with E-state index in [9.17, 15) is 26.0 Å². The molecular weight excluding hydrogens is 540 g/mol. The predicted octanol–water partition coefficient (Wildman–Crippen LogP) is 6.53. The van der Waals surface area contributed by atoms with Gasteiger partial charge in [0.1, 0.15) is 17.7 Å². The summed E-state index contributed by atoms with van der Waals surface area (Å²) in [4.78, 5) is 3.21. The summed E-state index contributed by atoms with van der Waals surface area (Å²) in [5.74, 6) is -0.964. The maximum absolute atomic E-state index is 13.5. The maximum Gasteiger partial charge on any atom is 0.419 e. The van der Waals surface area contributed by atoms with Crippen LogP contribution < -0.4 is 9.46 Å². The Labute approximate surface area is 215 Å². The van der Waals surface area contributed by atoms with Gasteiger partial charge in [0.15, 0.2) is 0 Å². The number of likely N-dealkylation sites (N-methyl/N-ethyl adjacent to an activating group) is 1. The van der Waals surface area contributed by atoms with Crippen LogP contribution in [0.3, 0.4) is 0 Å². The van der Waals surface area contributed by atoms with Gasteiger partial charge in [-0.1, -0.05) is 23.4 Å². The monoisotopic (exact) mass is 560 g/mol. The lowest BCUT2D eigenvalue weighted by molar-refractivity contribution is -0.139. The Balaban J connectivity index is 1.52. The van der Waals surface area contributed by atoms with Crippen molar-refractivity contribution in [3.63, 3.8) is 0 Å². The van der Waals surface area contributed by atoms with E-state index < -0.39 is 39.4 Å². The third-order valence-electron chi connectivity index (χ3n) is 5.44. The number of nitrogens with zero attached hydrogens (tertiary/aromatic N) is 1. The summed E-state index contributed by atoms with van der Waals surface area (Å²) in [6, 6.07) is 13.0. The molecule has 36 heavy (non-hydrogen) atoms. The van der Waals surface area contributed by atoms with E-state index >= 15 is 0 Å². The van der Waals surface area contributed by atoms with E-state index in [4.69, 9.17) is 16.3 Å². The minimum Gasteiger partial charge on any atom is -0.488 e. The molecule has 1 aliphatic heterocycles. The number of likely N-dealkylation sites (tertiary alicyclic amines) is 1. The standard InChI is InChI=1S/C24H21ClF4N2O3S2/c1-31-11-10-16(14-31)34-23-12-15(2-8-20(23)24(27,28)29)30-36(32,33)19-6-3-17(4-7-19)35-18-5-9-22(26)21(25)13-18/h2-9,12-13,16,30H,10-11,14H2,1H3/t16-/m1/s1. The summed E-state index contributed by atoms with van der Waals surface area (Å²) in [6.45, 7) is 1.17. The van der Waals surface area contributed by atoms with Crippen molar-refractivity contribution in [2.24, 2.45) is 0 Å². The first-order valence-corrected chi connectivity index (χ1v) is 13.4. The van der Waals surface area contributed by atoms with E-state index in [-0.39, 0.29) is 15.6 Å². The molecule has 0 bridgehead atoms. The molecule has 4 rings (SSSR count). The Kier molecular flexibility index (Phi) is 7.75. The Hall–Kier alpha value is -2.47. The summed E-state index contributed by atoms with van der Waals surface area (Å²) >= 11 is 7.05. The van der Waals surface area contributed by atoms with E-state index in [0.717, 1.165) is 18.2 Å². The first-order chi connectivity index (χ1) is 16.9. The molecule has 1 N–H and O–H groups in total. The van der Waals surface area contributed by atoms with Crippen molar-refractivity contribution in [3.05, 3.63) is 77.1 Å². The molecule has 1 atom stereocenters. The highest BCUT2D eigenvalue weighted by Crippen LogP contribution is 2.39. The molecule has 1 heterocycles. The van der Waals surface area contributed by atoms with Gasteiger partial charge < -0.3 is 9.64 Å². The fourth-order valence-corrected chi connectivity index (χ4v) is 5.82. The van der Waals surface area contributed by atoms with Gasteiger partial charge >= 0.3 is 6.18 Å². The first-order valence-electron chi connectivity index (χ1n) is 10.7. The summed E-state index contributed by atoms with van der Waals surface area (Å²) in [5.41, 5.74) is -1.02. The van der Waals surface area contributed by atoms with Gasteiger partial charge in [-0.2, -0.15) is 13.2 Å². The molecule has 1 fully saturated rings. The predicted molar refractivity (Wildman–Crippen MR) is 131 cm³/mol. The Morgan fingerprint density at radius 3 is 2.36 bits per heavy atom. The lowest BCUT2D eigenvalue weighted by atomic mass is 10.1. The van der Waals surface area contributed by atoms with Crippen molar-refractivity contribution in [3.8, 4) is 5.75 Å². The second-order valence-electron chi connectivity index (χ2n) is 8.25. The number of halogens is 5. The molecule has 12 heteroatoms. The lowest BCUT2D eigenvalue weighted by Gasteiger charge is -2.19. The largest absolute Gasteiger partial charge is 0.488 e. The topological polar surface area (TPSA) is 58.6 Å². The quantitative estimate of drug-likeness (QED) is 0.333. The molecule has 0 spiro atoms. The average molecular weight is 561 g/mol. The molecule has 192 valence electrons. The van der Waals surface area contributed by atoms with E-state index in [0.29, 0.717) is 29.3 Å². The van der Waals surface area contributed by atoms with Gasteiger partial charge in [0.05, 0.1) is 21.2 Å². The van der Waals surface area contributed by atoms with Gasteiger partial charge in [0.2, 0.25) is 0 Å². The molecule has 1 saturated heterocycles. The van der Waals surface area contributed by atoms with Gasteiger partial charge in [-0.15, -0.1) is 0 Å². The smallest absolute Gasteiger partial charge is 0.419 e. The van der Waals surface area contributed by atoms with Crippen molar-refractivity contribution in [1.29, 1.82) is 0 Å². The van der Waals surface area contributed by atoms with Crippen molar-refractivity contribution in [1.82, 2.24) is 4.90 Å². The van der Waals surface area contributed by atoms with Crippen LogP contribution in [0.25, 0.3) is 0 Å². The summed E-state index contributed by atoms with van der Waals surface area (Å²) in [7, 11) is -2.25. The lowest BCUT2D eigenvalue weighted by Crippen LogP contribution is -2.23. The number of alkyl halides is 3. The molecule has 0 radical (unpaired) electrons. The molecule has 3 aromatic rings. The highest BCUT2D eigenvalue weighted by Gasteiger charge is 2.36. The van der Waals surface area contributed by atoms with Gasteiger partial charge in [-0.3, -0.25) is 4.72 Å². The van der Waals surface area contributed by atoms with Crippen LogP contribution in [0.5, 0.6) is 5.75 Å². The fraction of sp³-hybridized carbons (Fsp3) is 0.250. The second-order valence-corrected chi connectivity index (χ2v) is 11.5. The summed E-state index contributed by atoms with van der Waals surface area (Å²) in [5, 5.41) is -0.0248. The minimum atomic E-state index is -4.65. The third kappa shape index (κ3) is 6.44. The SMILES string of the molecule is CN1CC[C@@H](Oc2cc(NS(=O)(=O)c3ccc(Sc4ccc(F)c(Cl)c4)cc3)ccc2C(F)(F)F)C1. The number of nitrogens with one attached hydrogen (secondary N) is 1. The van der Waals surface area contributed by atoms with Crippen LogP contribution in [0.1, 0.15) is 12.0 Å². The molecular formula is C24H21ClF4N2O3S2. The van der Waals surface area contributed by atoms with Crippen LogP contribution >= 0.6 is 23.4 Å². The minimum absolute atomic E-state index is 0.0248. The highest BCUT2D eigenvalue weighted by atomic mass is 35.5. The molecule has 0 aliphatic carbocycles. The molecule has 0 unspecified atom stereocenters. The van der Waals surface area contributed by atoms with Gasteiger partial charge in [-0.05, 0) is 68.1 Å². The molecule has 3 aromatic carbocycles. The van der Waals surface area contributed by atoms with E-state index in [1.54, 1.807) is 18.2 Å². The zero-order chi connectivity index (χ0) is 26.1. The first kappa shape index (κ1) is 26.6. The number of sulfonamides is 1. The van der Waals surface area contributed by atoms with Crippen LogP contribution in [-0.4, -0.2) is 39.6 Å². The van der Waals surface area contributed by atoms with Crippen LogP contribution in [-0.2, 0) is 16.2 Å². The Morgan fingerprint density at radius 1 is 1.06 bits per heavy atom. The van der Waals surface area contributed by atoms with Crippen LogP contribution in [0.4, 0.5) is 23.2 Å². The van der Waals surface area contributed by atoms with Crippen molar-refractivity contribution < 1.29 is 30.7 Å². The van der Waals surface area contributed by atoms with Gasteiger partial charge in [0, 0.05) is 28.9 Å². The number of benzene rings is 3. The van der Waals surface area contributed by atoms with Crippen LogP contribution in [0.15, 0.2) is 75.4 Å².